The van der Waals surface area contributed by atoms with Gasteiger partial charge in [0.1, 0.15) is 5.69 Å². The molecule has 1 fully saturated rings. The number of nitrogens with one attached hydrogen (secondary N) is 1. The standard InChI is InChI=1S/C13H21N3O2/c1-4-10-9(5-8-18-10)11(14-2)12-13(17-3)16-7-6-15-12/h6-7,9-11,14H,4-5,8H2,1-3H3. The lowest BCUT2D eigenvalue weighted by atomic mass is 9.89. The molecule has 0 bridgehead atoms. The van der Waals surface area contributed by atoms with E-state index in [1.54, 1.807) is 19.5 Å². The van der Waals surface area contributed by atoms with Crippen LogP contribution >= 0.6 is 0 Å². The molecule has 0 aromatic carbocycles. The Kier molecular flexibility index (Phi) is 4.49. The molecular formula is C13H21N3O2. The van der Waals surface area contributed by atoms with Gasteiger partial charge < -0.3 is 14.8 Å². The molecule has 1 aromatic rings. The second-order valence-electron chi connectivity index (χ2n) is 4.49. The summed E-state index contributed by atoms with van der Waals surface area (Å²) in [5, 5.41) is 3.34. The average molecular weight is 251 g/mol. The van der Waals surface area contributed by atoms with Crippen LogP contribution in [0.1, 0.15) is 31.5 Å². The zero-order valence-corrected chi connectivity index (χ0v) is 11.2. The van der Waals surface area contributed by atoms with Crippen LogP contribution in [0.4, 0.5) is 0 Å². The van der Waals surface area contributed by atoms with Crippen LogP contribution in [-0.4, -0.2) is 36.8 Å². The monoisotopic (exact) mass is 251 g/mol. The van der Waals surface area contributed by atoms with Crippen molar-refractivity contribution in [2.75, 3.05) is 20.8 Å². The van der Waals surface area contributed by atoms with Crippen LogP contribution in [0.5, 0.6) is 5.88 Å². The van der Waals surface area contributed by atoms with Crippen molar-refractivity contribution in [3.8, 4) is 5.88 Å². The van der Waals surface area contributed by atoms with Crippen molar-refractivity contribution in [1.29, 1.82) is 0 Å². The first-order chi connectivity index (χ1) is 8.81. The highest BCUT2D eigenvalue weighted by Crippen LogP contribution is 2.36. The first-order valence-corrected chi connectivity index (χ1v) is 6.45. The van der Waals surface area contributed by atoms with Gasteiger partial charge >= 0.3 is 0 Å². The third-order valence-electron chi connectivity index (χ3n) is 3.58. The van der Waals surface area contributed by atoms with E-state index < -0.39 is 0 Å². The smallest absolute Gasteiger partial charge is 0.237 e. The molecule has 0 saturated carbocycles. The lowest BCUT2D eigenvalue weighted by Crippen LogP contribution is -2.31. The van der Waals surface area contributed by atoms with Crippen LogP contribution in [-0.2, 0) is 4.74 Å². The number of hydrogen-bond acceptors (Lipinski definition) is 5. The van der Waals surface area contributed by atoms with Gasteiger partial charge in [-0.1, -0.05) is 6.92 Å². The molecule has 0 radical (unpaired) electrons. The predicted octanol–water partition coefficient (Wildman–Crippen LogP) is 1.56. The second-order valence-corrected chi connectivity index (χ2v) is 4.49. The van der Waals surface area contributed by atoms with E-state index in [9.17, 15) is 0 Å². The summed E-state index contributed by atoms with van der Waals surface area (Å²) in [6, 6.07) is 0.126. The molecule has 2 heterocycles. The number of nitrogens with zero attached hydrogens (tertiary/aromatic N) is 2. The van der Waals surface area contributed by atoms with Gasteiger partial charge in [0.15, 0.2) is 0 Å². The van der Waals surface area contributed by atoms with Crippen molar-refractivity contribution >= 4 is 0 Å². The fraction of sp³-hybridized carbons (Fsp3) is 0.692. The molecule has 3 atom stereocenters. The molecule has 2 rings (SSSR count). The molecule has 0 spiro atoms. The van der Waals surface area contributed by atoms with Crippen LogP contribution in [0, 0.1) is 5.92 Å². The van der Waals surface area contributed by atoms with E-state index in [-0.39, 0.29) is 12.1 Å². The zero-order valence-electron chi connectivity index (χ0n) is 11.2. The summed E-state index contributed by atoms with van der Waals surface area (Å²) in [5.41, 5.74) is 0.872. The van der Waals surface area contributed by atoms with Crippen molar-refractivity contribution in [3.05, 3.63) is 18.1 Å². The Morgan fingerprint density at radius 2 is 2.28 bits per heavy atom. The summed E-state index contributed by atoms with van der Waals surface area (Å²) in [5.74, 6) is 1.02. The van der Waals surface area contributed by atoms with Crippen molar-refractivity contribution in [2.45, 2.75) is 31.9 Å². The highest BCUT2D eigenvalue weighted by atomic mass is 16.5. The van der Waals surface area contributed by atoms with Crippen LogP contribution in [0.25, 0.3) is 0 Å². The van der Waals surface area contributed by atoms with E-state index in [1.165, 1.54) is 0 Å². The molecule has 1 aromatic heterocycles. The molecule has 1 saturated heterocycles. The maximum atomic E-state index is 5.76. The third kappa shape index (κ3) is 2.47. The van der Waals surface area contributed by atoms with Crippen LogP contribution in [0.15, 0.2) is 12.4 Å². The summed E-state index contributed by atoms with van der Waals surface area (Å²) in [6.07, 6.45) is 5.71. The summed E-state index contributed by atoms with van der Waals surface area (Å²) >= 11 is 0. The second kappa shape index (κ2) is 6.11. The SMILES string of the molecule is CCC1OCCC1C(NC)c1nccnc1OC. The Morgan fingerprint density at radius 3 is 2.94 bits per heavy atom. The molecule has 5 nitrogen and oxygen atoms in total. The molecular weight excluding hydrogens is 230 g/mol. The van der Waals surface area contributed by atoms with E-state index in [2.05, 4.69) is 22.2 Å². The van der Waals surface area contributed by atoms with E-state index in [1.807, 2.05) is 7.05 Å². The van der Waals surface area contributed by atoms with Crippen molar-refractivity contribution in [3.63, 3.8) is 0 Å². The number of aromatic nitrogens is 2. The molecule has 5 heteroatoms. The lowest BCUT2D eigenvalue weighted by Gasteiger charge is -2.26. The molecule has 0 aliphatic carbocycles. The summed E-state index contributed by atoms with van der Waals surface area (Å²) in [6.45, 7) is 2.98. The van der Waals surface area contributed by atoms with Gasteiger partial charge in [0.05, 0.1) is 19.3 Å². The molecule has 100 valence electrons. The van der Waals surface area contributed by atoms with Gasteiger partial charge in [0.2, 0.25) is 5.88 Å². The predicted molar refractivity (Wildman–Crippen MR) is 68.5 cm³/mol. The van der Waals surface area contributed by atoms with Crippen molar-refractivity contribution in [2.24, 2.45) is 5.92 Å². The molecule has 1 aliphatic heterocycles. The van der Waals surface area contributed by atoms with Gasteiger partial charge in [-0.2, -0.15) is 0 Å². The number of methoxy groups -OCH3 is 1. The maximum Gasteiger partial charge on any atom is 0.237 e. The lowest BCUT2D eigenvalue weighted by molar-refractivity contribution is 0.0774. The average Bonchev–Trinajstić information content (AvgIpc) is 2.88. The van der Waals surface area contributed by atoms with E-state index in [4.69, 9.17) is 9.47 Å². The summed E-state index contributed by atoms with van der Waals surface area (Å²) in [7, 11) is 3.58. The fourth-order valence-electron chi connectivity index (χ4n) is 2.73. The highest BCUT2D eigenvalue weighted by Gasteiger charge is 2.36. The summed E-state index contributed by atoms with van der Waals surface area (Å²) < 4.78 is 11.1. The van der Waals surface area contributed by atoms with Crippen LogP contribution < -0.4 is 10.1 Å². The Balaban J connectivity index is 2.27. The van der Waals surface area contributed by atoms with Gasteiger partial charge in [0, 0.05) is 24.9 Å². The minimum Gasteiger partial charge on any atom is -0.480 e. The number of rotatable bonds is 5. The first kappa shape index (κ1) is 13.2. The number of hydrogen-bond donors (Lipinski definition) is 1. The molecule has 0 amide bonds. The highest BCUT2D eigenvalue weighted by molar-refractivity contribution is 5.22. The van der Waals surface area contributed by atoms with Gasteiger partial charge in [-0.25, -0.2) is 4.98 Å². The van der Waals surface area contributed by atoms with Crippen molar-refractivity contribution < 1.29 is 9.47 Å². The number of ether oxygens (including phenoxy) is 2. The van der Waals surface area contributed by atoms with Crippen LogP contribution in [0.3, 0.4) is 0 Å². The van der Waals surface area contributed by atoms with E-state index in [0.717, 1.165) is 25.1 Å². The zero-order chi connectivity index (χ0) is 13.0. The van der Waals surface area contributed by atoms with Gasteiger partial charge in [-0.3, -0.25) is 4.98 Å². The van der Waals surface area contributed by atoms with Gasteiger partial charge in [0.25, 0.3) is 0 Å². The van der Waals surface area contributed by atoms with E-state index in [0.29, 0.717) is 11.8 Å². The molecule has 1 N–H and O–H groups in total. The topological polar surface area (TPSA) is 56.3 Å². The van der Waals surface area contributed by atoms with Crippen LogP contribution in [0.2, 0.25) is 0 Å². The van der Waals surface area contributed by atoms with Gasteiger partial charge in [-0.15, -0.1) is 0 Å². The Bertz CT molecular complexity index is 386. The summed E-state index contributed by atoms with van der Waals surface area (Å²) in [4.78, 5) is 8.65. The minimum absolute atomic E-state index is 0.126. The molecule has 3 unspecified atom stereocenters. The van der Waals surface area contributed by atoms with Gasteiger partial charge in [-0.05, 0) is 19.9 Å². The Morgan fingerprint density at radius 1 is 1.50 bits per heavy atom. The minimum atomic E-state index is 0.126. The third-order valence-corrected chi connectivity index (χ3v) is 3.58. The molecule has 18 heavy (non-hydrogen) atoms. The Labute approximate surface area is 108 Å². The normalized spacial score (nSPS) is 25.1. The largest absolute Gasteiger partial charge is 0.480 e. The maximum absolute atomic E-state index is 5.76. The van der Waals surface area contributed by atoms with Crippen molar-refractivity contribution in [1.82, 2.24) is 15.3 Å². The first-order valence-electron chi connectivity index (χ1n) is 6.45. The Hall–Kier alpha value is -1.20. The quantitative estimate of drug-likeness (QED) is 0.860. The van der Waals surface area contributed by atoms with E-state index >= 15 is 0 Å². The molecule has 1 aliphatic rings. The fourth-order valence-corrected chi connectivity index (χ4v) is 2.73.